The summed E-state index contributed by atoms with van der Waals surface area (Å²) in [6, 6.07) is 3.32. The molecule has 0 bridgehead atoms. The monoisotopic (exact) mass is 384 g/mol. The average Bonchev–Trinajstić information content (AvgIpc) is 3.36. The topological polar surface area (TPSA) is 108 Å². The van der Waals surface area contributed by atoms with Gasteiger partial charge in [-0.3, -0.25) is 24.5 Å². The van der Waals surface area contributed by atoms with Crippen molar-refractivity contribution in [3.63, 3.8) is 0 Å². The van der Waals surface area contributed by atoms with Crippen LogP contribution >= 0.6 is 0 Å². The van der Waals surface area contributed by atoms with Crippen LogP contribution in [0, 0.1) is 27.3 Å². The number of nitrogens with one attached hydrogen (secondary N) is 3. The third kappa shape index (κ3) is 3.14. The molecule has 2 fully saturated rings. The maximum atomic E-state index is 14.5. The lowest BCUT2D eigenvalue weighted by Crippen LogP contribution is -2.70. The predicted octanol–water partition coefficient (Wildman–Crippen LogP) is 2.24. The van der Waals surface area contributed by atoms with E-state index >= 15 is 0 Å². The Kier molecular flexibility index (Phi) is 4.43. The van der Waals surface area contributed by atoms with Crippen LogP contribution in [0.2, 0.25) is 0 Å². The molecule has 1 aliphatic heterocycles. The fraction of sp³-hybridized carbons (Fsp3) is 0.588. The Bertz CT molecular complexity index is 824. The standard InChI is InChI=1S/C17H25FN4O3S/c1-16(2)15(19)21-17(3,10-26(16,25)20-9-11-4-5-11)13-8-12(22(23)24)6-7-14(13)18/h6-8,11,26H,4-5,9-10H2,1-3H3,(H2,19,21)(H,20,25)/t17-/m0/s1. The second-order valence-corrected chi connectivity index (χ2v) is 11.2. The molecule has 0 aromatic heterocycles. The summed E-state index contributed by atoms with van der Waals surface area (Å²) in [5.41, 5.74) is -1.35. The summed E-state index contributed by atoms with van der Waals surface area (Å²) in [7, 11) is -3.11. The zero-order chi connectivity index (χ0) is 19.3. The fourth-order valence-corrected chi connectivity index (χ4v) is 6.36. The van der Waals surface area contributed by atoms with Crippen molar-refractivity contribution in [2.24, 2.45) is 5.92 Å². The van der Waals surface area contributed by atoms with Gasteiger partial charge in [0.25, 0.3) is 5.69 Å². The van der Waals surface area contributed by atoms with Gasteiger partial charge in [-0.15, -0.1) is 0 Å². The molecule has 3 rings (SSSR count). The number of non-ortho nitro benzene ring substituents is 1. The minimum atomic E-state index is -3.11. The van der Waals surface area contributed by atoms with Crippen LogP contribution in [0.15, 0.2) is 18.2 Å². The van der Waals surface area contributed by atoms with Gasteiger partial charge < -0.3 is 5.32 Å². The van der Waals surface area contributed by atoms with Crippen molar-refractivity contribution in [3.05, 3.63) is 39.7 Å². The number of hydrogen-bond acceptors (Lipinski definition) is 4. The second kappa shape index (κ2) is 6.09. The summed E-state index contributed by atoms with van der Waals surface area (Å²) < 4.78 is 30.6. The van der Waals surface area contributed by atoms with Gasteiger partial charge in [-0.25, -0.2) is 4.39 Å². The molecule has 1 aromatic rings. The Labute approximate surface area is 153 Å². The van der Waals surface area contributed by atoms with E-state index in [-0.39, 0.29) is 22.8 Å². The van der Waals surface area contributed by atoms with Gasteiger partial charge in [-0.05, 0) is 55.7 Å². The number of benzene rings is 1. The largest absolute Gasteiger partial charge is 0.363 e. The van der Waals surface area contributed by atoms with Crippen molar-refractivity contribution < 1.29 is 13.5 Å². The van der Waals surface area contributed by atoms with E-state index in [9.17, 15) is 18.7 Å². The normalized spacial score (nSPS) is 28.2. The van der Waals surface area contributed by atoms with Crippen LogP contribution in [0.25, 0.3) is 0 Å². The van der Waals surface area contributed by atoms with Crippen LogP contribution in [-0.4, -0.2) is 32.0 Å². The molecular formula is C17H25FN4O3S. The molecule has 0 radical (unpaired) electrons. The minimum Gasteiger partial charge on any atom is -0.363 e. The Morgan fingerprint density at radius 1 is 1.42 bits per heavy atom. The molecule has 1 aliphatic carbocycles. The first-order chi connectivity index (χ1) is 12.0. The lowest BCUT2D eigenvalue weighted by molar-refractivity contribution is -0.385. The third-order valence-electron chi connectivity index (χ3n) is 5.54. The van der Waals surface area contributed by atoms with Crippen LogP contribution in [-0.2, 0) is 15.7 Å². The number of rotatable bonds is 5. The minimum absolute atomic E-state index is 0.0452. The van der Waals surface area contributed by atoms with Gasteiger partial charge in [0.2, 0.25) is 0 Å². The smallest absolute Gasteiger partial charge is 0.269 e. The number of halogens is 1. The van der Waals surface area contributed by atoms with Crippen LogP contribution in [0.4, 0.5) is 10.1 Å². The van der Waals surface area contributed by atoms with Crippen LogP contribution in [0.5, 0.6) is 0 Å². The van der Waals surface area contributed by atoms with E-state index < -0.39 is 31.1 Å². The molecule has 1 aromatic carbocycles. The molecule has 9 heteroatoms. The number of nitro groups is 1. The van der Waals surface area contributed by atoms with Crippen LogP contribution in [0.1, 0.15) is 39.2 Å². The molecule has 7 nitrogen and oxygen atoms in total. The molecule has 2 aliphatic rings. The molecule has 0 spiro atoms. The Morgan fingerprint density at radius 3 is 2.65 bits per heavy atom. The van der Waals surface area contributed by atoms with Gasteiger partial charge in [0.1, 0.15) is 11.7 Å². The lowest BCUT2D eigenvalue weighted by Gasteiger charge is -2.52. The highest BCUT2D eigenvalue weighted by molar-refractivity contribution is 8.03. The lowest BCUT2D eigenvalue weighted by atomic mass is 9.91. The van der Waals surface area contributed by atoms with E-state index in [1.54, 1.807) is 20.8 Å². The molecule has 1 heterocycles. The molecule has 1 atom stereocenters. The van der Waals surface area contributed by atoms with E-state index in [1.165, 1.54) is 6.07 Å². The van der Waals surface area contributed by atoms with E-state index in [2.05, 4.69) is 10.0 Å². The van der Waals surface area contributed by atoms with Gasteiger partial charge in [-0.1, -0.05) is 0 Å². The Hall–Kier alpha value is -1.87. The third-order valence-corrected chi connectivity index (χ3v) is 9.34. The van der Waals surface area contributed by atoms with E-state index in [0.29, 0.717) is 12.5 Å². The fourth-order valence-electron chi connectivity index (χ4n) is 3.35. The molecule has 3 N–H and O–H groups in total. The van der Waals surface area contributed by atoms with Gasteiger partial charge in [0.05, 0.1) is 15.2 Å². The summed E-state index contributed by atoms with van der Waals surface area (Å²) in [4.78, 5) is 10.5. The summed E-state index contributed by atoms with van der Waals surface area (Å²) >= 11 is 0. The van der Waals surface area contributed by atoms with Crippen molar-refractivity contribution in [1.29, 1.82) is 5.41 Å². The van der Waals surface area contributed by atoms with Crippen molar-refractivity contribution in [3.8, 4) is 0 Å². The summed E-state index contributed by atoms with van der Waals surface area (Å²) in [6.45, 7) is 5.74. The summed E-state index contributed by atoms with van der Waals surface area (Å²) in [6.07, 6.45) is 2.19. The van der Waals surface area contributed by atoms with Gasteiger partial charge in [0.15, 0.2) is 0 Å². The van der Waals surface area contributed by atoms with Crippen molar-refractivity contribution >= 4 is 21.6 Å². The molecule has 144 valence electrons. The highest BCUT2D eigenvalue weighted by Crippen LogP contribution is 2.39. The molecule has 0 amide bonds. The van der Waals surface area contributed by atoms with E-state index in [0.717, 1.165) is 25.0 Å². The maximum absolute atomic E-state index is 14.5. The zero-order valence-corrected chi connectivity index (χ0v) is 16.0. The molecule has 1 saturated heterocycles. The highest BCUT2D eigenvalue weighted by atomic mass is 32.3. The van der Waals surface area contributed by atoms with Crippen LogP contribution in [0.3, 0.4) is 0 Å². The first kappa shape index (κ1) is 18.9. The number of nitrogens with zero attached hydrogens (tertiary/aromatic N) is 1. The van der Waals surface area contributed by atoms with Crippen molar-refractivity contribution in [1.82, 2.24) is 10.0 Å². The number of nitro benzene ring substituents is 1. The zero-order valence-electron chi connectivity index (χ0n) is 15.1. The number of amidine groups is 1. The van der Waals surface area contributed by atoms with Crippen molar-refractivity contribution in [2.75, 3.05) is 12.3 Å². The molecular weight excluding hydrogens is 359 g/mol. The van der Waals surface area contributed by atoms with Gasteiger partial charge in [-0.2, -0.15) is 0 Å². The van der Waals surface area contributed by atoms with E-state index in [1.807, 2.05) is 0 Å². The summed E-state index contributed by atoms with van der Waals surface area (Å²) in [5.74, 6) is -0.00247. The molecule has 1 saturated carbocycles. The van der Waals surface area contributed by atoms with Crippen molar-refractivity contribution in [2.45, 2.75) is 43.9 Å². The first-order valence-corrected chi connectivity index (χ1v) is 10.5. The summed E-state index contributed by atoms with van der Waals surface area (Å²) in [5, 5.41) is 22.4. The molecule has 0 unspecified atom stereocenters. The maximum Gasteiger partial charge on any atom is 0.269 e. The molecule has 26 heavy (non-hydrogen) atoms. The quantitative estimate of drug-likeness (QED) is 0.355. The Morgan fingerprint density at radius 2 is 2.08 bits per heavy atom. The van der Waals surface area contributed by atoms with E-state index in [4.69, 9.17) is 5.41 Å². The highest BCUT2D eigenvalue weighted by Gasteiger charge is 2.51. The Balaban J connectivity index is 2.01. The van der Waals surface area contributed by atoms with Gasteiger partial charge in [0, 0.05) is 30.0 Å². The number of hydrogen-bond donors (Lipinski definition) is 4. The predicted molar refractivity (Wildman–Crippen MR) is 100 cm³/mol. The SMILES string of the molecule is CC1(C)C(=N)N[C@](C)(c2cc([N+](=O)[O-])ccc2F)C[SH]1(=O)NCC1CC1. The van der Waals surface area contributed by atoms with Gasteiger partial charge >= 0.3 is 0 Å². The second-order valence-electron chi connectivity index (χ2n) is 8.02. The number of thiol groups is 1. The average molecular weight is 384 g/mol. The van der Waals surface area contributed by atoms with Crippen LogP contribution < -0.4 is 10.0 Å². The first-order valence-electron chi connectivity index (χ1n) is 8.64.